The maximum Gasteiger partial charge on any atom is 0.312 e. The highest BCUT2D eigenvalue weighted by atomic mass is 35.5. The minimum absolute atomic E-state index is 0.328. The molecule has 19 heavy (non-hydrogen) atoms. The first-order valence-electron chi connectivity index (χ1n) is 5.74. The molecule has 1 aliphatic carbocycles. The quantitative estimate of drug-likeness (QED) is 0.919. The van der Waals surface area contributed by atoms with Crippen LogP contribution in [0.3, 0.4) is 0 Å². The summed E-state index contributed by atoms with van der Waals surface area (Å²) in [4.78, 5) is 16.3. The van der Waals surface area contributed by atoms with Crippen LogP contribution in [0.1, 0.15) is 22.9 Å². The normalized spacial score (nSPS) is 17.5. The molecule has 0 bridgehead atoms. The number of hydrogen-bond donors (Lipinski definition) is 1. The largest absolute Gasteiger partial charge is 0.481 e. The van der Waals surface area contributed by atoms with Crippen molar-refractivity contribution in [2.24, 2.45) is 0 Å². The number of thiazole rings is 1. The SMILES string of the molecule is O=C(O)C1CCc2sc(-c3ccc(Cl)cc3F)nc21. The number of carboxylic acids is 1. The third kappa shape index (κ3) is 2.13. The van der Waals surface area contributed by atoms with Crippen LogP contribution in [-0.2, 0) is 11.2 Å². The van der Waals surface area contributed by atoms with E-state index in [0.29, 0.717) is 34.1 Å². The Hall–Kier alpha value is -1.46. The molecule has 3 rings (SSSR count). The molecule has 98 valence electrons. The zero-order valence-corrected chi connectivity index (χ0v) is 11.3. The summed E-state index contributed by atoms with van der Waals surface area (Å²) in [5.74, 6) is -1.87. The first kappa shape index (κ1) is 12.6. The number of fused-ring (bicyclic) bond motifs is 1. The minimum Gasteiger partial charge on any atom is -0.481 e. The summed E-state index contributed by atoms with van der Waals surface area (Å²) >= 11 is 7.07. The summed E-state index contributed by atoms with van der Waals surface area (Å²) in [7, 11) is 0. The molecule has 1 aromatic heterocycles. The molecule has 0 saturated heterocycles. The van der Waals surface area contributed by atoms with Gasteiger partial charge in [0.1, 0.15) is 16.7 Å². The van der Waals surface area contributed by atoms with Crippen molar-refractivity contribution in [3.8, 4) is 10.6 Å². The van der Waals surface area contributed by atoms with Crippen LogP contribution in [-0.4, -0.2) is 16.1 Å². The number of carboxylic acid groups (broad SMARTS) is 1. The van der Waals surface area contributed by atoms with Crippen LogP contribution in [0.2, 0.25) is 5.02 Å². The Balaban J connectivity index is 2.04. The fraction of sp³-hybridized carbons (Fsp3) is 0.231. The van der Waals surface area contributed by atoms with Gasteiger partial charge >= 0.3 is 5.97 Å². The van der Waals surface area contributed by atoms with Crippen molar-refractivity contribution in [2.45, 2.75) is 18.8 Å². The number of benzene rings is 1. The highest BCUT2D eigenvalue weighted by molar-refractivity contribution is 7.15. The molecule has 1 N–H and O–H groups in total. The standard InChI is InChI=1S/C13H9ClFNO2S/c14-6-1-2-7(9(15)5-6)12-16-11-8(13(17)18)3-4-10(11)19-12/h1-2,5,8H,3-4H2,(H,17,18). The second-order valence-electron chi connectivity index (χ2n) is 4.38. The van der Waals surface area contributed by atoms with Gasteiger partial charge in [-0.2, -0.15) is 0 Å². The third-order valence-corrected chi connectivity index (χ3v) is 4.58. The van der Waals surface area contributed by atoms with Crippen molar-refractivity contribution in [1.82, 2.24) is 4.98 Å². The molecule has 0 fully saturated rings. The van der Waals surface area contributed by atoms with E-state index in [4.69, 9.17) is 16.7 Å². The number of nitrogens with zero attached hydrogens (tertiary/aromatic N) is 1. The van der Waals surface area contributed by atoms with Crippen LogP contribution in [0.4, 0.5) is 4.39 Å². The van der Waals surface area contributed by atoms with Crippen LogP contribution in [0, 0.1) is 5.82 Å². The van der Waals surface area contributed by atoms with Gasteiger partial charge in [0.2, 0.25) is 0 Å². The molecule has 0 aliphatic heterocycles. The van der Waals surface area contributed by atoms with Crippen LogP contribution < -0.4 is 0 Å². The lowest BCUT2D eigenvalue weighted by Gasteiger charge is -2.02. The van der Waals surface area contributed by atoms with E-state index in [-0.39, 0.29) is 0 Å². The summed E-state index contributed by atoms with van der Waals surface area (Å²) in [6.45, 7) is 0. The first-order chi connectivity index (χ1) is 9.06. The van der Waals surface area contributed by atoms with E-state index in [1.807, 2.05) is 0 Å². The molecule has 2 aromatic rings. The predicted octanol–water partition coefficient (Wildman–Crippen LogP) is 3.72. The monoisotopic (exact) mass is 297 g/mol. The van der Waals surface area contributed by atoms with Gasteiger partial charge in [-0.1, -0.05) is 11.6 Å². The fourth-order valence-electron chi connectivity index (χ4n) is 2.25. The highest BCUT2D eigenvalue weighted by Gasteiger charge is 2.32. The van der Waals surface area contributed by atoms with Gasteiger partial charge in [0.25, 0.3) is 0 Å². The van der Waals surface area contributed by atoms with Crippen molar-refractivity contribution < 1.29 is 14.3 Å². The van der Waals surface area contributed by atoms with Crippen LogP contribution >= 0.6 is 22.9 Å². The Morgan fingerprint density at radius 1 is 1.53 bits per heavy atom. The second kappa shape index (κ2) is 4.58. The van der Waals surface area contributed by atoms with Crippen molar-refractivity contribution >= 4 is 28.9 Å². The predicted molar refractivity (Wildman–Crippen MR) is 71.2 cm³/mol. The zero-order valence-electron chi connectivity index (χ0n) is 9.69. The number of halogens is 2. The molecule has 0 saturated carbocycles. The van der Waals surface area contributed by atoms with Crippen LogP contribution in [0.15, 0.2) is 18.2 Å². The Bertz CT molecular complexity index is 671. The van der Waals surface area contributed by atoms with E-state index in [2.05, 4.69) is 4.98 Å². The molecule has 3 nitrogen and oxygen atoms in total. The van der Waals surface area contributed by atoms with Crippen LogP contribution in [0.5, 0.6) is 0 Å². The number of rotatable bonds is 2. The van der Waals surface area contributed by atoms with Crippen molar-refractivity contribution in [3.63, 3.8) is 0 Å². The van der Waals surface area contributed by atoms with E-state index in [0.717, 1.165) is 4.88 Å². The highest BCUT2D eigenvalue weighted by Crippen LogP contribution is 2.40. The molecule has 0 amide bonds. The summed E-state index contributed by atoms with van der Waals surface area (Å²) in [6.07, 6.45) is 1.27. The number of aliphatic carboxylic acids is 1. The van der Waals surface area contributed by atoms with E-state index in [1.54, 1.807) is 12.1 Å². The summed E-state index contributed by atoms with van der Waals surface area (Å²) in [5.41, 5.74) is 0.954. The number of hydrogen-bond acceptors (Lipinski definition) is 3. The Morgan fingerprint density at radius 2 is 2.32 bits per heavy atom. The molecule has 1 atom stereocenters. The topological polar surface area (TPSA) is 50.2 Å². The Morgan fingerprint density at radius 3 is 3.00 bits per heavy atom. The lowest BCUT2D eigenvalue weighted by atomic mass is 10.1. The molecular weight excluding hydrogens is 289 g/mol. The van der Waals surface area contributed by atoms with Gasteiger partial charge in [-0.3, -0.25) is 4.79 Å². The van der Waals surface area contributed by atoms with Crippen molar-refractivity contribution in [1.29, 1.82) is 0 Å². The average Bonchev–Trinajstić information content (AvgIpc) is 2.87. The molecule has 1 heterocycles. The summed E-state index contributed by atoms with van der Waals surface area (Å²) in [5, 5.41) is 9.95. The molecule has 0 spiro atoms. The molecule has 1 unspecified atom stereocenters. The lowest BCUT2D eigenvalue weighted by molar-refractivity contribution is -0.138. The summed E-state index contributed by atoms with van der Waals surface area (Å²) < 4.78 is 13.8. The molecule has 1 aliphatic rings. The lowest BCUT2D eigenvalue weighted by Crippen LogP contribution is -2.08. The van der Waals surface area contributed by atoms with E-state index < -0.39 is 17.7 Å². The van der Waals surface area contributed by atoms with Crippen LogP contribution in [0.25, 0.3) is 10.6 Å². The maximum absolute atomic E-state index is 13.8. The maximum atomic E-state index is 13.8. The zero-order chi connectivity index (χ0) is 13.6. The second-order valence-corrected chi connectivity index (χ2v) is 5.90. The van der Waals surface area contributed by atoms with Gasteiger partial charge in [-0.05, 0) is 31.0 Å². The Labute approximate surface area is 117 Å². The molecular formula is C13H9ClFNO2S. The number of aromatic nitrogens is 1. The van der Waals surface area contributed by atoms with E-state index >= 15 is 0 Å². The van der Waals surface area contributed by atoms with Gasteiger partial charge in [-0.15, -0.1) is 11.3 Å². The third-order valence-electron chi connectivity index (χ3n) is 3.18. The van der Waals surface area contributed by atoms with Gasteiger partial charge in [0.05, 0.1) is 5.69 Å². The fourth-order valence-corrected chi connectivity index (χ4v) is 3.57. The van der Waals surface area contributed by atoms with Gasteiger partial charge in [0.15, 0.2) is 0 Å². The van der Waals surface area contributed by atoms with Crippen molar-refractivity contribution in [2.75, 3.05) is 0 Å². The van der Waals surface area contributed by atoms with Gasteiger partial charge < -0.3 is 5.11 Å². The minimum atomic E-state index is -0.868. The van der Waals surface area contributed by atoms with Gasteiger partial charge in [0, 0.05) is 15.5 Å². The smallest absolute Gasteiger partial charge is 0.312 e. The summed E-state index contributed by atoms with van der Waals surface area (Å²) in [6, 6.07) is 4.40. The molecule has 1 aromatic carbocycles. The van der Waals surface area contributed by atoms with Crippen molar-refractivity contribution in [3.05, 3.63) is 39.6 Å². The van der Waals surface area contributed by atoms with Gasteiger partial charge in [-0.25, -0.2) is 9.37 Å². The average molecular weight is 298 g/mol. The number of aryl methyl sites for hydroxylation is 1. The van der Waals surface area contributed by atoms with E-state index in [1.165, 1.54) is 17.4 Å². The Kier molecular flexibility index (Phi) is 3.03. The molecule has 0 radical (unpaired) electrons. The number of carbonyl (C=O) groups is 1. The molecule has 6 heteroatoms. The van der Waals surface area contributed by atoms with E-state index in [9.17, 15) is 9.18 Å². The first-order valence-corrected chi connectivity index (χ1v) is 6.93.